The lowest BCUT2D eigenvalue weighted by atomic mass is 10.0. The number of aromatic nitrogens is 2. The molecular weight excluding hydrogens is 364 g/mol. The van der Waals surface area contributed by atoms with Crippen LogP contribution in [0.5, 0.6) is 0 Å². The molecular formula is C20H18N2O4S. The molecule has 138 valence electrons. The fourth-order valence-corrected chi connectivity index (χ4v) is 3.76. The van der Waals surface area contributed by atoms with Gasteiger partial charge >= 0.3 is 5.97 Å². The first-order valence-electron chi connectivity index (χ1n) is 8.85. The molecule has 6 nitrogen and oxygen atoms in total. The highest BCUT2D eigenvalue weighted by Gasteiger charge is 2.16. The third kappa shape index (κ3) is 4.14. The van der Waals surface area contributed by atoms with Crippen molar-refractivity contribution in [3.63, 3.8) is 0 Å². The lowest BCUT2D eigenvalue weighted by Gasteiger charge is -2.05. The van der Waals surface area contributed by atoms with Crippen molar-refractivity contribution in [2.45, 2.75) is 32.1 Å². The molecule has 0 fully saturated rings. The highest BCUT2D eigenvalue weighted by atomic mass is 32.1. The van der Waals surface area contributed by atoms with Crippen LogP contribution in [0.25, 0.3) is 11.4 Å². The van der Waals surface area contributed by atoms with Gasteiger partial charge in [-0.15, -0.1) is 0 Å². The van der Waals surface area contributed by atoms with Crippen LogP contribution in [0.3, 0.4) is 0 Å². The number of rotatable bonds is 7. The Kier molecular flexibility index (Phi) is 5.11. The molecule has 0 bridgehead atoms. The van der Waals surface area contributed by atoms with E-state index in [0.717, 1.165) is 24.8 Å². The highest BCUT2D eigenvalue weighted by Crippen LogP contribution is 2.23. The second-order valence-corrected chi connectivity index (χ2v) is 7.22. The molecule has 1 aliphatic carbocycles. The van der Waals surface area contributed by atoms with Crippen molar-refractivity contribution >= 4 is 23.1 Å². The molecule has 0 amide bonds. The summed E-state index contributed by atoms with van der Waals surface area (Å²) in [6.45, 7) is -0.248. The van der Waals surface area contributed by atoms with Gasteiger partial charge in [0.05, 0.1) is 6.42 Å². The van der Waals surface area contributed by atoms with E-state index in [4.69, 9.17) is 9.26 Å². The second-order valence-electron chi connectivity index (χ2n) is 6.44. The van der Waals surface area contributed by atoms with Gasteiger partial charge in [-0.25, -0.2) is 0 Å². The lowest BCUT2D eigenvalue weighted by Crippen LogP contribution is -2.14. The van der Waals surface area contributed by atoms with Crippen LogP contribution in [-0.2, 0) is 28.8 Å². The Hall–Kier alpha value is -2.80. The minimum Gasteiger partial charge on any atom is -0.457 e. The van der Waals surface area contributed by atoms with Crippen LogP contribution in [0, 0.1) is 0 Å². The van der Waals surface area contributed by atoms with E-state index in [1.165, 1.54) is 11.1 Å². The maximum atomic E-state index is 12.2. The summed E-state index contributed by atoms with van der Waals surface area (Å²) < 4.78 is 10.2. The Morgan fingerprint density at radius 1 is 1.19 bits per heavy atom. The number of nitrogens with zero attached hydrogens (tertiary/aromatic N) is 2. The summed E-state index contributed by atoms with van der Waals surface area (Å²) in [7, 11) is 0. The van der Waals surface area contributed by atoms with Crippen molar-refractivity contribution in [1.82, 2.24) is 10.1 Å². The Balaban J connectivity index is 1.25. The molecule has 0 aliphatic heterocycles. The summed E-state index contributed by atoms with van der Waals surface area (Å²) in [5.74, 6) is 0.236. The van der Waals surface area contributed by atoms with Gasteiger partial charge in [-0.3, -0.25) is 9.59 Å². The fourth-order valence-electron chi connectivity index (χ4n) is 3.12. The van der Waals surface area contributed by atoms with Crippen LogP contribution < -0.4 is 0 Å². The van der Waals surface area contributed by atoms with Crippen molar-refractivity contribution < 1.29 is 18.8 Å². The smallest absolute Gasteiger partial charge is 0.306 e. The molecule has 0 radical (unpaired) electrons. The second kappa shape index (κ2) is 7.84. The Morgan fingerprint density at radius 3 is 2.93 bits per heavy atom. The van der Waals surface area contributed by atoms with Crippen molar-refractivity contribution in [3.05, 3.63) is 57.6 Å². The van der Waals surface area contributed by atoms with Crippen LogP contribution in [0.4, 0.5) is 0 Å². The first-order valence-corrected chi connectivity index (χ1v) is 9.79. The molecule has 1 aromatic carbocycles. The van der Waals surface area contributed by atoms with Gasteiger partial charge in [0.15, 0.2) is 12.4 Å². The van der Waals surface area contributed by atoms with Gasteiger partial charge in [0.1, 0.15) is 0 Å². The number of thiophene rings is 1. The van der Waals surface area contributed by atoms with Crippen molar-refractivity contribution in [2.75, 3.05) is 6.61 Å². The van der Waals surface area contributed by atoms with Gasteiger partial charge in [-0.2, -0.15) is 16.3 Å². The zero-order valence-corrected chi connectivity index (χ0v) is 15.5. The SMILES string of the molecule is O=C(CCc1nc(-c2ccsc2)no1)OCC(=O)c1ccc2c(c1)CCC2. The molecule has 7 heteroatoms. The van der Waals surface area contributed by atoms with Crippen LogP contribution >= 0.6 is 11.3 Å². The van der Waals surface area contributed by atoms with E-state index in [-0.39, 0.29) is 25.2 Å². The first-order chi connectivity index (χ1) is 13.2. The Labute approximate surface area is 160 Å². The van der Waals surface area contributed by atoms with Gasteiger partial charge in [-0.1, -0.05) is 17.3 Å². The zero-order chi connectivity index (χ0) is 18.6. The number of hydrogen-bond acceptors (Lipinski definition) is 7. The van der Waals surface area contributed by atoms with Gasteiger partial charge in [0, 0.05) is 22.9 Å². The molecule has 27 heavy (non-hydrogen) atoms. The van der Waals surface area contributed by atoms with Crippen molar-refractivity contribution in [1.29, 1.82) is 0 Å². The van der Waals surface area contributed by atoms with Gasteiger partial charge < -0.3 is 9.26 Å². The third-order valence-electron chi connectivity index (χ3n) is 4.58. The largest absolute Gasteiger partial charge is 0.457 e. The van der Waals surface area contributed by atoms with E-state index in [2.05, 4.69) is 10.1 Å². The summed E-state index contributed by atoms with van der Waals surface area (Å²) in [4.78, 5) is 28.4. The summed E-state index contributed by atoms with van der Waals surface area (Å²) >= 11 is 1.55. The van der Waals surface area contributed by atoms with Gasteiger partial charge in [0.2, 0.25) is 11.7 Å². The monoisotopic (exact) mass is 382 g/mol. The fraction of sp³-hybridized carbons (Fsp3) is 0.300. The number of benzene rings is 1. The maximum Gasteiger partial charge on any atom is 0.306 e. The van der Waals surface area contributed by atoms with Crippen LogP contribution in [-0.4, -0.2) is 28.5 Å². The number of carbonyl (C=O) groups excluding carboxylic acids is 2. The van der Waals surface area contributed by atoms with Crippen molar-refractivity contribution in [3.8, 4) is 11.4 Å². The number of ketones is 1. The molecule has 2 heterocycles. The predicted molar refractivity (Wildman–Crippen MR) is 99.7 cm³/mol. The average Bonchev–Trinajstić information content (AvgIpc) is 3.44. The molecule has 0 spiro atoms. The van der Waals surface area contributed by atoms with Gasteiger partial charge in [-0.05, 0) is 47.9 Å². The molecule has 0 N–H and O–H groups in total. The zero-order valence-electron chi connectivity index (χ0n) is 14.6. The third-order valence-corrected chi connectivity index (χ3v) is 5.26. The number of ether oxygens (including phenoxy) is 1. The number of aryl methyl sites for hydroxylation is 3. The van der Waals surface area contributed by atoms with Crippen LogP contribution in [0.2, 0.25) is 0 Å². The maximum absolute atomic E-state index is 12.2. The Morgan fingerprint density at radius 2 is 2.07 bits per heavy atom. The molecule has 4 rings (SSSR count). The Bertz CT molecular complexity index is 962. The molecule has 2 aromatic heterocycles. The number of esters is 1. The molecule has 0 unspecified atom stereocenters. The molecule has 0 saturated carbocycles. The van der Waals surface area contributed by atoms with Crippen molar-refractivity contribution in [2.24, 2.45) is 0 Å². The standard InChI is InChI=1S/C20H18N2O4S/c23-17(15-5-4-13-2-1-3-14(13)10-15)11-25-19(24)7-6-18-21-20(22-26-18)16-8-9-27-12-16/h4-5,8-10,12H,1-3,6-7,11H2. The van der Waals surface area contributed by atoms with E-state index < -0.39 is 5.97 Å². The highest BCUT2D eigenvalue weighted by molar-refractivity contribution is 7.08. The normalized spacial score (nSPS) is 12.7. The minimum atomic E-state index is -0.459. The minimum absolute atomic E-state index is 0.0860. The summed E-state index contributed by atoms with van der Waals surface area (Å²) in [5.41, 5.74) is 4.02. The lowest BCUT2D eigenvalue weighted by molar-refractivity contribution is -0.142. The molecule has 0 atom stereocenters. The summed E-state index contributed by atoms with van der Waals surface area (Å²) in [5, 5.41) is 7.75. The van der Waals surface area contributed by atoms with Crippen LogP contribution in [0.1, 0.15) is 40.2 Å². The van der Waals surface area contributed by atoms with E-state index in [1.54, 1.807) is 11.3 Å². The van der Waals surface area contributed by atoms with E-state index >= 15 is 0 Å². The van der Waals surface area contributed by atoms with E-state index in [9.17, 15) is 9.59 Å². The topological polar surface area (TPSA) is 82.3 Å². The average molecular weight is 382 g/mol. The molecule has 3 aromatic rings. The number of carbonyl (C=O) groups is 2. The predicted octanol–water partition coefficient (Wildman–Crippen LogP) is 3.65. The molecule has 1 aliphatic rings. The number of Topliss-reactive ketones (excluding diaryl/α,β-unsaturated/α-hetero) is 1. The van der Waals surface area contributed by atoms with E-state index in [1.807, 2.05) is 35.0 Å². The summed E-state index contributed by atoms with van der Waals surface area (Å²) in [6, 6.07) is 7.63. The quantitative estimate of drug-likeness (QED) is 0.458. The summed E-state index contributed by atoms with van der Waals surface area (Å²) in [6.07, 6.45) is 3.58. The van der Waals surface area contributed by atoms with Crippen LogP contribution in [0.15, 0.2) is 39.5 Å². The number of hydrogen-bond donors (Lipinski definition) is 0. The number of fused-ring (bicyclic) bond motifs is 1. The first kappa shape index (κ1) is 17.6. The van der Waals surface area contributed by atoms with E-state index in [0.29, 0.717) is 17.3 Å². The molecule has 0 saturated heterocycles. The van der Waals surface area contributed by atoms with Gasteiger partial charge in [0.25, 0.3) is 0 Å².